The molecule has 2 nitrogen and oxygen atoms in total. The van der Waals surface area contributed by atoms with E-state index < -0.39 is 0 Å². The van der Waals surface area contributed by atoms with Crippen molar-refractivity contribution in [2.75, 3.05) is 19.6 Å². The first-order valence-electron chi connectivity index (χ1n) is 8.26. The molecule has 22 heavy (non-hydrogen) atoms. The third-order valence-corrected chi connectivity index (χ3v) is 5.21. The summed E-state index contributed by atoms with van der Waals surface area (Å²) in [5, 5.41) is 3.59. The van der Waals surface area contributed by atoms with Crippen molar-refractivity contribution in [1.29, 1.82) is 0 Å². The van der Waals surface area contributed by atoms with E-state index in [0.29, 0.717) is 0 Å². The Bertz CT molecular complexity index is 548. The van der Waals surface area contributed by atoms with Gasteiger partial charge < -0.3 is 9.80 Å². The first kappa shape index (κ1) is 15.3. The van der Waals surface area contributed by atoms with Crippen LogP contribution < -0.4 is 5.32 Å². The first-order chi connectivity index (χ1) is 10.6. The summed E-state index contributed by atoms with van der Waals surface area (Å²) in [6.07, 6.45) is 0. The molecule has 0 amide bonds. The summed E-state index contributed by atoms with van der Waals surface area (Å²) in [6, 6.07) is 21.9. The van der Waals surface area contributed by atoms with Crippen LogP contribution >= 0.6 is 0 Å². The fourth-order valence-corrected chi connectivity index (χ4v) is 3.67. The van der Waals surface area contributed by atoms with E-state index in [1.165, 1.54) is 17.7 Å². The molecular weight excluding hydrogens is 268 g/mol. The molecule has 3 rings (SSSR count). The van der Waals surface area contributed by atoms with Crippen molar-refractivity contribution in [3.8, 4) is 0 Å². The fourth-order valence-electron chi connectivity index (χ4n) is 3.67. The highest BCUT2D eigenvalue weighted by Gasteiger charge is 2.45. The van der Waals surface area contributed by atoms with Crippen molar-refractivity contribution in [2.45, 2.75) is 32.5 Å². The third kappa shape index (κ3) is 3.08. The Morgan fingerprint density at radius 1 is 0.864 bits per heavy atom. The van der Waals surface area contributed by atoms with E-state index in [1.807, 2.05) is 0 Å². The summed E-state index contributed by atoms with van der Waals surface area (Å²) < 4.78 is 1.12. The summed E-state index contributed by atoms with van der Waals surface area (Å²) in [7, 11) is 0. The zero-order valence-electron chi connectivity index (χ0n) is 13.8. The molecule has 0 radical (unpaired) electrons. The Labute approximate surface area is 134 Å². The van der Waals surface area contributed by atoms with Gasteiger partial charge in [0, 0.05) is 17.7 Å². The number of nitrogens with one attached hydrogen (secondary N) is 1. The van der Waals surface area contributed by atoms with Crippen LogP contribution in [-0.4, -0.2) is 29.7 Å². The molecule has 2 aromatic carbocycles. The molecule has 0 spiro atoms. The minimum Gasteiger partial charge on any atom is -0.310 e. The average molecular weight is 295 g/mol. The molecule has 0 saturated carbocycles. The second-order valence-electron chi connectivity index (χ2n) is 7.15. The quantitative estimate of drug-likeness (QED) is 0.850. The Hall–Kier alpha value is -1.64. The highest BCUT2D eigenvalue weighted by molar-refractivity contribution is 5.16. The van der Waals surface area contributed by atoms with Crippen LogP contribution in [0.25, 0.3) is 0 Å². The lowest BCUT2D eigenvalue weighted by Crippen LogP contribution is -2.69. The fraction of sp³-hybridized carbons (Fsp3) is 0.400. The number of piperazine rings is 1. The maximum atomic E-state index is 3.59. The number of hydrogen-bond acceptors (Lipinski definition) is 1. The van der Waals surface area contributed by atoms with Crippen LogP contribution in [0.3, 0.4) is 0 Å². The lowest BCUT2D eigenvalue weighted by atomic mass is 9.92. The van der Waals surface area contributed by atoms with Crippen molar-refractivity contribution >= 4 is 0 Å². The van der Waals surface area contributed by atoms with Gasteiger partial charge in [0.05, 0.1) is 13.1 Å². The number of nitrogens with zero attached hydrogens (tertiary/aromatic N) is 1. The summed E-state index contributed by atoms with van der Waals surface area (Å²) in [5.74, 6) is 0. The second kappa shape index (κ2) is 6.23. The smallest absolute Gasteiger partial charge is 0.107 e. The van der Waals surface area contributed by atoms with Gasteiger partial charge in [-0.1, -0.05) is 60.7 Å². The molecule has 0 aliphatic carbocycles. The van der Waals surface area contributed by atoms with Gasteiger partial charge in [0.25, 0.3) is 0 Å². The molecule has 0 bridgehead atoms. The molecular formula is C20H27N2+. The topological polar surface area (TPSA) is 12.0 Å². The van der Waals surface area contributed by atoms with Crippen LogP contribution in [0.15, 0.2) is 60.7 Å². The van der Waals surface area contributed by atoms with Crippen molar-refractivity contribution in [3.63, 3.8) is 0 Å². The number of hydrogen-bond donors (Lipinski definition) is 1. The third-order valence-electron chi connectivity index (χ3n) is 5.21. The average Bonchev–Trinajstić information content (AvgIpc) is 2.52. The summed E-state index contributed by atoms with van der Waals surface area (Å²) in [6.45, 7) is 10.4. The van der Waals surface area contributed by atoms with Crippen LogP contribution in [0.5, 0.6) is 0 Å². The van der Waals surface area contributed by atoms with Gasteiger partial charge in [-0.3, -0.25) is 0 Å². The molecule has 1 N–H and O–H groups in total. The van der Waals surface area contributed by atoms with Crippen LogP contribution in [0.2, 0.25) is 0 Å². The summed E-state index contributed by atoms with van der Waals surface area (Å²) in [5.41, 5.74) is 3.10. The zero-order valence-corrected chi connectivity index (χ0v) is 13.8. The maximum absolute atomic E-state index is 3.59. The number of rotatable bonds is 4. The van der Waals surface area contributed by atoms with Gasteiger partial charge in [-0.2, -0.15) is 0 Å². The molecule has 2 heteroatoms. The number of quaternary nitrogens is 1. The summed E-state index contributed by atoms with van der Waals surface area (Å²) in [4.78, 5) is 0. The van der Waals surface area contributed by atoms with E-state index in [1.54, 1.807) is 0 Å². The standard InChI is InChI=1S/C20H27N2/c1-20(2)17-21-13-14-22(20,15-18-9-5-3-6-10-18)16-19-11-7-4-8-12-19/h3-12,21H,13-17H2,1-2H3/q+1. The van der Waals surface area contributed by atoms with E-state index in [0.717, 1.165) is 30.7 Å². The van der Waals surface area contributed by atoms with Gasteiger partial charge in [-0.05, 0) is 13.8 Å². The zero-order chi connectivity index (χ0) is 15.5. The predicted molar refractivity (Wildman–Crippen MR) is 92.4 cm³/mol. The van der Waals surface area contributed by atoms with Gasteiger partial charge in [0.1, 0.15) is 18.6 Å². The molecule has 0 unspecified atom stereocenters. The van der Waals surface area contributed by atoms with Crippen molar-refractivity contribution < 1.29 is 4.48 Å². The van der Waals surface area contributed by atoms with Crippen LogP contribution in [0.4, 0.5) is 0 Å². The summed E-state index contributed by atoms with van der Waals surface area (Å²) >= 11 is 0. The Morgan fingerprint density at radius 2 is 1.36 bits per heavy atom. The molecule has 2 aromatic rings. The Kier molecular flexibility index (Phi) is 4.32. The predicted octanol–water partition coefficient (Wildman–Crippen LogP) is 3.59. The van der Waals surface area contributed by atoms with Crippen LogP contribution in [0.1, 0.15) is 25.0 Å². The lowest BCUT2D eigenvalue weighted by Gasteiger charge is -2.53. The Balaban J connectivity index is 1.94. The normalized spacial score (nSPS) is 19.7. The highest BCUT2D eigenvalue weighted by atomic mass is 15.4. The maximum Gasteiger partial charge on any atom is 0.107 e. The molecule has 1 saturated heterocycles. The van der Waals surface area contributed by atoms with Crippen molar-refractivity contribution in [1.82, 2.24) is 5.32 Å². The molecule has 1 aliphatic heterocycles. The minimum absolute atomic E-state index is 0.226. The van der Waals surface area contributed by atoms with Gasteiger partial charge in [-0.25, -0.2) is 0 Å². The largest absolute Gasteiger partial charge is 0.310 e. The van der Waals surface area contributed by atoms with Gasteiger partial charge in [0.15, 0.2) is 0 Å². The first-order valence-corrected chi connectivity index (χ1v) is 8.26. The molecule has 0 atom stereocenters. The molecule has 116 valence electrons. The number of benzene rings is 2. The van der Waals surface area contributed by atoms with E-state index in [9.17, 15) is 0 Å². The van der Waals surface area contributed by atoms with E-state index >= 15 is 0 Å². The van der Waals surface area contributed by atoms with Crippen LogP contribution in [0, 0.1) is 0 Å². The highest BCUT2D eigenvalue weighted by Crippen LogP contribution is 2.32. The van der Waals surface area contributed by atoms with Crippen molar-refractivity contribution in [2.24, 2.45) is 0 Å². The van der Waals surface area contributed by atoms with E-state index in [4.69, 9.17) is 0 Å². The SMILES string of the molecule is CC1(C)CNCC[N+]1(Cc1ccccc1)Cc1ccccc1. The van der Waals surface area contributed by atoms with Gasteiger partial charge in [-0.15, -0.1) is 0 Å². The molecule has 1 fully saturated rings. The van der Waals surface area contributed by atoms with Crippen LogP contribution in [-0.2, 0) is 13.1 Å². The van der Waals surface area contributed by atoms with Gasteiger partial charge in [0.2, 0.25) is 0 Å². The van der Waals surface area contributed by atoms with Crippen molar-refractivity contribution in [3.05, 3.63) is 71.8 Å². The minimum atomic E-state index is 0.226. The lowest BCUT2D eigenvalue weighted by molar-refractivity contribution is -0.998. The molecule has 1 aliphatic rings. The van der Waals surface area contributed by atoms with E-state index in [-0.39, 0.29) is 5.54 Å². The molecule has 0 aromatic heterocycles. The molecule has 1 heterocycles. The monoisotopic (exact) mass is 295 g/mol. The van der Waals surface area contributed by atoms with E-state index in [2.05, 4.69) is 79.8 Å². The Morgan fingerprint density at radius 3 is 1.82 bits per heavy atom. The van der Waals surface area contributed by atoms with Gasteiger partial charge >= 0.3 is 0 Å². The second-order valence-corrected chi connectivity index (χ2v) is 7.15.